The van der Waals surface area contributed by atoms with Gasteiger partial charge in [-0.1, -0.05) is 17.7 Å². The normalized spacial score (nSPS) is 15.6. The van der Waals surface area contributed by atoms with E-state index in [0.29, 0.717) is 13.1 Å². The molecule has 0 aromatic heterocycles. The molecule has 0 atom stereocenters. The molecule has 1 aromatic carbocycles. The lowest BCUT2D eigenvalue weighted by Crippen LogP contribution is -2.46. The molecule has 104 valence electrons. The van der Waals surface area contributed by atoms with Gasteiger partial charge in [-0.2, -0.15) is 5.26 Å². The highest BCUT2D eigenvalue weighted by Crippen LogP contribution is 2.10. The Bertz CT molecular complexity index is 536. The zero-order valence-electron chi connectivity index (χ0n) is 11.5. The monoisotopic (exact) mass is 270 g/mol. The lowest BCUT2D eigenvalue weighted by atomic mass is 10.2. The fourth-order valence-electron chi connectivity index (χ4n) is 1.99. The molecule has 1 amide bonds. The van der Waals surface area contributed by atoms with Crippen molar-refractivity contribution in [3.63, 3.8) is 0 Å². The van der Waals surface area contributed by atoms with Gasteiger partial charge in [-0.05, 0) is 19.1 Å². The first-order valence-electron chi connectivity index (χ1n) is 6.64. The summed E-state index contributed by atoms with van der Waals surface area (Å²) in [4.78, 5) is 13.9. The molecule has 5 nitrogen and oxygen atoms in total. The first kappa shape index (κ1) is 14.1. The minimum absolute atomic E-state index is 0.132. The average molecular weight is 270 g/mol. The fraction of sp³-hybridized carbons (Fsp3) is 0.333. The Kier molecular flexibility index (Phi) is 4.75. The van der Waals surface area contributed by atoms with Crippen LogP contribution in [0.1, 0.15) is 5.56 Å². The Labute approximate surface area is 118 Å². The van der Waals surface area contributed by atoms with Crippen molar-refractivity contribution in [2.45, 2.75) is 6.92 Å². The van der Waals surface area contributed by atoms with E-state index in [1.54, 1.807) is 4.90 Å². The summed E-state index contributed by atoms with van der Waals surface area (Å²) in [6.45, 7) is 4.84. The summed E-state index contributed by atoms with van der Waals surface area (Å²) in [5, 5.41) is 15.3. The highest BCUT2D eigenvalue weighted by Gasteiger charge is 2.19. The smallest absolute Gasteiger partial charge is 0.266 e. The van der Waals surface area contributed by atoms with Gasteiger partial charge in [0.1, 0.15) is 11.6 Å². The molecule has 0 aliphatic carbocycles. The van der Waals surface area contributed by atoms with Crippen LogP contribution in [0.15, 0.2) is 36.0 Å². The summed E-state index contributed by atoms with van der Waals surface area (Å²) in [7, 11) is 0. The van der Waals surface area contributed by atoms with Crippen molar-refractivity contribution in [2.24, 2.45) is 0 Å². The molecular formula is C15H18N4O. The first-order valence-corrected chi connectivity index (χ1v) is 6.64. The van der Waals surface area contributed by atoms with Gasteiger partial charge in [-0.25, -0.2) is 0 Å². The molecule has 20 heavy (non-hydrogen) atoms. The van der Waals surface area contributed by atoms with Crippen molar-refractivity contribution >= 4 is 11.6 Å². The van der Waals surface area contributed by atoms with Gasteiger partial charge in [0, 0.05) is 38.1 Å². The number of piperazine rings is 1. The Balaban J connectivity index is 2.03. The number of nitrogens with zero attached hydrogens (tertiary/aromatic N) is 2. The number of benzene rings is 1. The number of rotatable bonds is 3. The minimum Gasteiger partial charge on any atom is -0.360 e. The van der Waals surface area contributed by atoms with E-state index >= 15 is 0 Å². The molecule has 1 aromatic rings. The van der Waals surface area contributed by atoms with E-state index in [1.807, 2.05) is 37.3 Å². The van der Waals surface area contributed by atoms with Gasteiger partial charge in [-0.15, -0.1) is 0 Å². The number of hydrogen-bond acceptors (Lipinski definition) is 4. The predicted molar refractivity (Wildman–Crippen MR) is 77.9 cm³/mol. The molecule has 1 saturated heterocycles. The molecule has 1 aliphatic heterocycles. The number of anilines is 1. The Morgan fingerprint density at radius 1 is 1.35 bits per heavy atom. The zero-order valence-corrected chi connectivity index (χ0v) is 11.5. The van der Waals surface area contributed by atoms with Gasteiger partial charge in [-0.3, -0.25) is 4.79 Å². The summed E-state index contributed by atoms with van der Waals surface area (Å²) >= 11 is 0. The molecule has 0 unspecified atom stereocenters. The summed E-state index contributed by atoms with van der Waals surface area (Å²) < 4.78 is 0. The van der Waals surface area contributed by atoms with Crippen LogP contribution >= 0.6 is 0 Å². The van der Waals surface area contributed by atoms with Crippen LogP contribution in [0.4, 0.5) is 5.69 Å². The maximum absolute atomic E-state index is 12.2. The Morgan fingerprint density at radius 2 is 2.00 bits per heavy atom. The van der Waals surface area contributed by atoms with E-state index in [9.17, 15) is 4.79 Å². The van der Waals surface area contributed by atoms with Crippen LogP contribution in [0.5, 0.6) is 0 Å². The van der Waals surface area contributed by atoms with Crippen molar-refractivity contribution in [1.82, 2.24) is 10.2 Å². The van der Waals surface area contributed by atoms with Crippen LogP contribution in [-0.4, -0.2) is 37.0 Å². The molecule has 2 rings (SSSR count). The van der Waals surface area contributed by atoms with E-state index in [4.69, 9.17) is 5.26 Å². The fourth-order valence-corrected chi connectivity index (χ4v) is 1.99. The second-order valence-corrected chi connectivity index (χ2v) is 4.72. The Hall–Kier alpha value is -2.32. The molecule has 0 radical (unpaired) electrons. The summed E-state index contributed by atoms with van der Waals surface area (Å²) in [5.74, 6) is -0.214. The van der Waals surface area contributed by atoms with Crippen LogP contribution in [0.3, 0.4) is 0 Å². The van der Waals surface area contributed by atoms with Crippen molar-refractivity contribution in [1.29, 1.82) is 5.26 Å². The third kappa shape index (κ3) is 3.59. The predicted octanol–water partition coefficient (Wildman–Crippen LogP) is 1.25. The van der Waals surface area contributed by atoms with Crippen molar-refractivity contribution in [3.05, 3.63) is 41.6 Å². The number of carbonyl (C=O) groups excluding carboxylic acids is 1. The SMILES string of the molecule is Cc1ccc(N/C=C(/C#N)C(=O)N2CCNCC2)cc1. The number of nitrogens with one attached hydrogen (secondary N) is 2. The van der Waals surface area contributed by atoms with Gasteiger partial charge in [0.15, 0.2) is 0 Å². The van der Waals surface area contributed by atoms with Crippen molar-refractivity contribution in [3.8, 4) is 6.07 Å². The number of carbonyl (C=O) groups is 1. The lowest BCUT2D eigenvalue weighted by molar-refractivity contribution is -0.127. The summed E-state index contributed by atoms with van der Waals surface area (Å²) in [5.41, 5.74) is 2.15. The van der Waals surface area contributed by atoms with E-state index in [2.05, 4.69) is 10.6 Å². The molecule has 1 fully saturated rings. The number of amides is 1. The number of nitriles is 1. The van der Waals surface area contributed by atoms with Crippen LogP contribution < -0.4 is 10.6 Å². The van der Waals surface area contributed by atoms with E-state index < -0.39 is 0 Å². The topological polar surface area (TPSA) is 68.2 Å². The second kappa shape index (κ2) is 6.73. The third-order valence-electron chi connectivity index (χ3n) is 3.19. The molecule has 1 aliphatic rings. The molecule has 0 bridgehead atoms. The van der Waals surface area contributed by atoms with E-state index in [0.717, 1.165) is 24.3 Å². The van der Waals surface area contributed by atoms with Gasteiger partial charge in [0.05, 0.1) is 0 Å². The largest absolute Gasteiger partial charge is 0.360 e. The van der Waals surface area contributed by atoms with Crippen LogP contribution in [0.25, 0.3) is 0 Å². The third-order valence-corrected chi connectivity index (χ3v) is 3.19. The maximum Gasteiger partial charge on any atom is 0.266 e. The van der Waals surface area contributed by atoms with Crippen molar-refractivity contribution < 1.29 is 4.79 Å². The highest BCUT2D eigenvalue weighted by molar-refractivity contribution is 5.97. The van der Waals surface area contributed by atoms with E-state index in [1.165, 1.54) is 6.20 Å². The van der Waals surface area contributed by atoms with Gasteiger partial charge in [0.2, 0.25) is 0 Å². The van der Waals surface area contributed by atoms with Crippen LogP contribution in [-0.2, 0) is 4.79 Å². The average Bonchev–Trinajstić information content (AvgIpc) is 2.50. The second-order valence-electron chi connectivity index (χ2n) is 4.72. The van der Waals surface area contributed by atoms with Gasteiger partial charge < -0.3 is 15.5 Å². The molecule has 1 heterocycles. The summed E-state index contributed by atoms with van der Waals surface area (Å²) in [6, 6.07) is 9.74. The quantitative estimate of drug-likeness (QED) is 0.640. The highest BCUT2D eigenvalue weighted by atomic mass is 16.2. The number of aryl methyl sites for hydroxylation is 1. The minimum atomic E-state index is -0.214. The van der Waals surface area contributed by atoms with Gasteiger partial charge >= 0.3 is 0 Å². The Morgan fingerprint density at radius 3 is 2.60 bits per heavy atom. The standard InChI is InChI=1S/C15H18N4O/c1-12-2-4-14(5-3-12)18-11-13(10-16)15(20)19-8-6-17-7-9-19/h2-5,11,17-18H,6-9H2,1H3/b13-11-. The molecule has 5 heteroatoms. The first-order chi connectivity index (χ1) is 9.70. The van der Waals surface area contributed by atoms with Crippen LogP contribution in [0, 0.1) is 18.3 Å². The summed E-state index contributed by atoms with van der Waals surface area (Å²) in [6.07, 6.45) is 1.48. The molecular weight excluding hydrogens is 252 g/mol. The molecule has 0 spiro atoms. The molecule has 0 saturated carbocycles. The van der Waals surface area contributed by atoms with Gasteiger partial charge in [0.25, 0.3) is 5.91 Å². The lowest BCUT2D eigenvalue weighted by Gasteiger charge is -2.27. The van der Waals surface area contributed by atoms with E-state index in [-0.39, 0.29) is 11.5 Å². The zero-order chi connectivity index (χ0) is 14.4. The maximum atomic E-state index is 12.2. The van der Waals surface area contributed by atoms with Crippen LogP contribution in [0.2, 0.25) is 0 Å². The van der Waals surface area contributed by atoms with Crippen molar-refractivity contribution in [2.75, 3.05) is 31.5 Å². The number of hydrogen-bond donors (Lipinski definition) is 2. The molecule has 2 N–H and O–H groups in total.